The van der Waals surface area contributed by atoms with E-state index in [1.807, 2.05) is 12.1 Å². The first-order valence-corrected chi connectivity index (χ1v) is 12.9. The summed E-state index contributed by atoms with van der Waals surface area (Å²) < 4.78 is 54.1. The Morgan fingerprint density at radius 3 is 2.30 bits per heavy atom. The van der Waals surface area contributed by atoms with Crippen molar-refractivity contribution in [2.75, 3.05) is 18.0 Å². The topological polar surface area (TPSA) is 112 Å². The lowest BCUT2D eigenvalue weighted by Crippen LogP contribution is -2.36. The molecule has 0 saturated carbocycles. The van der Waals surface area contributed by atoms with Crippen LogP contribution in [0.5, 0.6) is 11.5 Å². The summed E-state index contributed by atoms with van der Waals surface area (Å²) in [6.07, 6.45) is -3.39. The monoisotopic (exact) mass is 584 g/mol. The number of nitro groups is 1. The van der Waals surface area contributed by atoms with Gasteiger partial charge < -0.3 is 34.3 Å². The lowest BCUT2D eigenvalue weighted by molar-refractivity contribution is -0.389. The molecule has 1 fully saturated rings. The number of anilines is 1. The molecule has 2 heterocycles. The molecule has 4 rings (SSSR count). The molecule has 10 nitrogen and oxygen atoms in total. The normalized spacial score (nSPS) is 16.0. The second kappa shape index (κ2) is 12.7. The zero-order valence-corrected chi connectivity index (χ0v) is 22.2. The third-order valence-electron chi connectivity index (χ3n) is 6.27. The van der Waals surface area contributed by atoms with E-state index in [4.69, 9.17) is 21.1 Å². The third-order valence-corrected chi connectivity index (χ3v) is 6.55. The third kappa shape index (κ3) is 8.23. The summed E-state index contributed by atoms with van der Waals surface area (Å²) in [5, 5.41) is 20.8. The summed E-state index contributed by atoms with van der Waals surface area (Å²) in [5.74, 6) is -0.194. The summed E-state index contributed by atoms with van der Waals surface area (Å²) in [6.45, 7) is 3.38. The predicted molar refractivity (Wildman–Crippen MR) is 139 cm³/mol. The Bertz CT molecular complexity index is 1260. The highest BCUT2D eigenvalue weighted by Gasteiger charge is 2.31. The van der Waals surface area contributed by atoms with Crippen molar-refractivity contribution in [1.82, 2.24) is 9.55 Å². The summed E-state index contributed by atoms with van der Waals surface area (Å²) in [4.78, 5) is 16.3. The van der Waals surface area contributed by atoms with E-state index in [0.717, 1.165) is 37.2 Å². The molecule has 0 aliphatic carbocycles. The molecule has 0 amide bonds. The van der Waals surface area contributed by atoms with Gasteiger partial charge in [-0.05, 0) is 83.2 Å². The van der Waals surface area contributed by atoms with Crippen LogP contribution >= 0.6 is 11.6 Å². The zero-order chi connectivity index (χ0) is 28.9. The fraction of sp³-hybridized carbons (Fsp3) is 0.423. The molecule has 40 heavy (non-hydrogen) atoms. The molecule has 1 aliphatic heterocycles. The van der Waals surface area contributed by atoms with Crippen LogP contribution < -0.4 is 14.4 Å². The van der Waals surface area contributed by atoms with E-state index in [-0.39, 0.29) is 23.6 Å². The Morgan fingerprint density at radius 1 is 1.12 bits per heavy atom. The Kier molecular flexibility index (Phi) is 9.38. The number of ether oxygens (including phenoxy) is 3. The predicted octanol–water partition coefficient (Wildman–Crippen LogP) is 5.88. The standard InChI is InChI=1S/C26H28ClF3N4O6/c1-17(35)14-24(33-15-23(34(36)37)31-25(33)27)39-21-8-4-19(5-9-21)32-12-10-20(11-13-32)38-16-18-2-6-22(7-3-18)40-26(28,29)30/h2-9,15,17,20,24,35H,10-14,16H2,1H3. The molecule has 1 aromatic heterocycles. The average Bonchev–Trinajstić information content (AvgIpc) is 3.29. The number of halogens is 4. The van der Waals surface area contributed by atoms with Gasteiger partial charge in [0, 0.05) is 25.2 Å². The molecule has 2 atom stereocenters. The summed E-state index contributed by atoms with van der Waals surface area (Å²) in [5.41, 5.74) is 1.74. The van der Waals surface area contributed by atoms with Gasteiger partial charge in [0.25, 0.3) is 0 Å². The van der Waals surface area contributed by atoms with E-state index in [1.165, 1.54) is 22.9 Å². The first-order valence-electron chi connectivity index (χ1n) is 12.5. The number of piperidine rings is 1. The van der Waals surface area contributed by atoms with E-state index < -0.39 is 29.4 Å². The van der Waals surface area contributed by atoms with Gasteiger partial charge >= 0.3 is 17.5 Å². The van der Waals surface area contributed by atoms with Crippen molar-refractivity contribution in [1.29, 1.82) is 0 Å². The van der Waals surface area contributed by atoms with E-state index in [1.54, 1.807) is 31.2 Å². The molecule has 0 spiro atoms. The molecule has 3 aromatic rings. The molecule has 1 saturated heterocycles. The molecule has 14 heteroatoms. The second-order valence-corrected chi connectivity index (χ2v) is 9.71. The number of aliphatic hydroxyl groups is 1. The van der Waals surface area contributed by atoms with Gasteiger partial charge in [-0.25, -0.2) is 0 Å². The van der Waals surface area contributed by atoms with Crippen molar-refractivity contribution in [3.05, 3.63) is 75.7 Å². The van der Waals surface area contributed by atoms with Crippen LogP contribution in [0, 0.1) is 10.1 Å². The van der Waals surface area contributed by atoms with Crippen LogP contribution in [0.4, 0.5) is 24.7 Å². The van der Waals surface area contributed by atoms with E-state index in [9.17, 15) is 28.4 Å². The first-order chi connectivity index (χ1) is 19.0. The molecule has 0 bridgehead atoms. The van der Waals surface area contributed by atoms with E-state index >= 15 is 0 Å². The number of aliphatic hydroxyl groups excluding tert-OH is 1. The van der Waals surface area contributed by atoms with Crippen molar-refractivity contribution in [2.24, 2.45) is 0 Å². The molecule has 216 valence electrons. The first kappa shape index (κ1) is 29.4. The van der Waals surface area contributed by atoms with Gasteiger partial charge in [0.2, 0.25) is 0 Å². The average molecular weight is 585 g/mol. The maximum atomic E-state index is 12.3. The molecule has 2 unspecified atom stereocenters. The minimum atomic E-state index is -4.72. The van der Waals surface area contributed by atoms with Gasteiger partial charge in [-0.1, -0.05) is 12.1 Å². The van der Waals surface area contributed by atoms with Crippen molar-refractivity contribution in [2.45, 2.75) is 57.6 Å². The fourth-order valence-electron chi connectivity index (χ4n) is 4.33. The number of imidazole rings is 1. The molecule has 0 radical (unpaired) electrons. The largest absolute Gasteiger partial charge is 0.573 e. The van der Waals surface area contributed by atoms with Crippen LogP contribution in [0.15, 0.2) is 54.7 Å². The van der Waals surface area contributed by atoms with Gasteiger partial charge in [-0.3, -0.25) is 4.57 Å². The minimum absolute atomic E-state index is 0.0233. The summed E-state index contributed by atoms with van der Waals surface area (Å²) in [7, 11) is 0. The van der Waals surface area contributed by atoms with Gasteiger partial charge in [0.05, 0.1) is 18.8 Å². The highest BCUT2D eigenvalue weighted by molar-refractivity contribution is 6.28. The van der Waals surface area contributed by atoms with Crippen LogP contribution in [-0.2, 0) is 11.3 Å². The van der Waals surface area contributed by atoms with E-state index in [2.05, 4.69) is 14.6 Å². The lowest BCUT2D eigenvalue weighted by atomic mass is 10.1. The number of rotatable bonds is 11. The van der Waals surface area contributed by atoms with E-state index in [0.29, 0.717) is 12.4 Å². The number of alkyl halides is 3. The number of hydrogen-bond donors (Lipinski definition) is 1. The zero-order valence-electron chi connectivity index (χ0n) is 21.5. The molecular weight excluding hydrogens is 557 g/mol. The smallest absolute Gasteiger partial charge is 0.470 e. The minimum Gasteiger partial charge on any atom is -0.470 e. The van der Waals surface area contributed by atoms with Crippen LogP contribution in [0.2, 0.25) is 5.28 Å². The maximum absolute atomic E-state index is 12.3. The Labute approximate surface area is 233 Å². The van der Waals surface area contributed by atoms with Gasteiger partial charge in [0.1, 0.15) is 17.7 Å². The Hall–Kier alpha value is -3.55. The van der Waals surface area contributed by atoms with Gasteiger partial charge in [-0.2, -0.15) is 0 Å². The van der Waals surface area contributed by atoms with Gasteiger partial charge in [-0.15, -0.1) is 13.2 Å². The number of hydrogen-bond acceptors (Lipinski definition) is 8. The van der Waals surface area contributed by atoms with Crippen molar-refractivity contribution in [3.8, 4) is 11.5 Å². The SMILES string of the molecule is CC(O)CC(Oc1ccc(N2CCC(OCc3ccc(OC(F)(F)F)cc3)CC2)cc1)n1cc([N+](=O)[O-])nc1Cl. The van der Waals surface area contributed by atoms with Gasteiger partial charge in [0.15, 0.2) is 6.23 Å². The summed E-state index contributed by atoms with van der Waals surface area (Å²) in [6, 6.07) is 13.0. The molecule has 2 aromatic carbocycles. The van der Waals surface area contributed by atoms with Crippen LogP contribution in [0.25, 0.3) is 0 Å². The summed E-state index contributed by atoms with van der Waals surface area (Å²) >= 11 is 6.08. The second-order valence-electron chi connectivity index (χ2n) is 9.37. The number of benzene rings is 2. The highest BCUT2D eigenvalue weighted by Crippen LogP contribution is 2.30. The fourth-order valence-corrected chi connectivity index (χ4v) is 4.58. The quantitative estimate of drug-likeness (QED) is 0.220. The van der Waals surface area contributed by atoms with Crippen LogP contribution in [-0.4, -0.2) is 51.2 Å². The molecule has 1 aliphatic rings. The van der Waals surface area contributed by atoms with Crippen LogP contribution in [0.1, 0.15) is 38.0 Å². The van der Waals surface area contributed by atoms with Crippen molar-refractivity contribution >= 4 is 23.1 Å². The van der Waals surface area contributed by atoms with Crippen molar-refractivity contribution < 1.29 is 37.4 Å². The molecular formula is C26H28ClF3N4O6. The number of aromatic nitrogens is 2. The van der Waals surface area contributed by atoms with Crippen LogP contribution in [0.3, 0.4) is 0 Å². The lowest BCUT2D eigenvalue weighted by Gasteiger charge is -2.33. The highest BCUT2D eigenvalue weighted by atomic mass is 35.5. The molecule has 1 N–H and O–H groups in total. The number of nitrogens with zero attached hydrogens (tertiary/aromatic N) is 4. The maximum Gasteiger partial charge on any atom is 0.573 e. The Balaban J connectivity index is 1.28. The van der Waals surface area contributed by atoms with Crippen molar-refractivity contribution in [3.63, 3.8) is 0 Å². The Morgan fingerprint density at radius 2 is 1.75 bits per heavy atom.